The van der Waals surface area contributed by atoms with Crippen LogP contribution in [-0.4, -0.2) is 19.9 Å². The van der Waals surface area contributed by atoms with E-state index in [1.54, 1.807) is 12.4 Å². The summed E-state index contributed by atoms with van der Waals surface area (Å²) < 4.78 is 0. The van der Waals surface area contributed by atoms with E-state index in [-0.39, 0.29) is 10.8 Å². The van der Waals surface area contributed by atoms with Crippen LogP contribution < -0.4 is 5.56 Å². The van der Waals surface area contributed by atoms with Crippen molar-refractivity contribution in [1.29, 1.82) is 0 Å². The summed E-state index contributed by atoms with van der Waals surface area (Å²) in [6.45, 7) is 3.79. The Bertz CT molecular complexity index is 520. The molecule has 2 heterocycles. The molecule has 0 fully saturated rings. The Balaban J connectivity index is 2.20. The third-order valence-electron chi connectivity index (χ3n) is 2.03. The molecular formula is C10H12N4OS. The zero-order chi connectivity index (χ0) is 11.5. The molecule has 0 saturated heterocycles. The summed E-state index contributed by atoms with van der Waals surface area (Å²) in [6, 6.07) is 1.48. The Labute approximate surface area is 96.7 Å². The molecule has 0 aliphatic rings. The Morgan fingerprint density at radius 3 is 2.94 bits per heavy atom. The average molecular weight is 236 g/mol. The molecule has 2 aromatic rings. The molecule has 0 aliphatic carbocycles. The molecule has 16 heavy (non-hydrogen) atoms. The number of hydrogen-bond donors (Lipinski definition) is 2. The van der Waals surface area contributed by atoms with Crippen molar-refractivity contribution in [3.8, 4) is 0 Å². The van der Waals surface area contributed by atoms with Crippen molar-refractivity contribution < 1.29 is 0 Å². The van der Waals surface area contributed by atoms with Crippen molar-refractivity contribution in [2.24, 2.45) is 0 Å². The first-order valence-corrected chi connectivity index (χ1v) is 5.77. The molecule has 0 spiro atoms. The number of aromatic amines is 2. The van der Waals surface area contributed by atoms with Crippen molar-refractivity contribution >= 4 is 11.8 Å². The van der Waals surface area contributed by atoms with Crippen LogP contribution in [0.4, 0.5) is 0 Å². The lowest BCUT2D eigenvalue weighted by atomic mass is 10.4. The van der Waals surface area contributed by atoms with E-state index in [0.717, 1.165) is 10.9 Å². The minimum atomic E-state index is -0.116. The topological polar surface area (TPSA) is 74.4 Å². The summed E-state index contributed by atoms with van der Waals surface area (Å²) in [5.41, 5.74) is 0.611. The Morgan fingerprint density at radius 2 is 2.31 bits per heavy atom. The first-order valence-electron chi connectivity index (χ1n) is 4.89. The molecule has 0 amide bonds. The fourth-order valence-electron chi connectivity index (χ4n) is 1.33. The highest BCUT2D eigenvalue weighted by Gasteiger charge is 2.11. The van der Waals surface area contributed by atoms with Crippen molar-refractivity contribution in [3.05, 3.63) is 40.3 Å². The molecule has 1 atom stereocenters. The van der Waals surface area contributed by atoms with Crippen LogP contribution in [0.1, 0.15) is 23.7 Å². The van der Waals surface area contributed by atoms with E-state index in [0.29, 0.717) is 5.82 Å². The van der Waals surface area contributed by atoms with Gasteiger partial charge in [0.15, 0.2) is 5.16 Å². The third-order valence-corrected chi connectivity index (χ3v) is 3.06. The number of aromatic nitrogens is 4. The summed E-state index contributed by atoms with van der Waals surface area (Å²) in [7, 11) is 0. The number of nitrogens with one attached hydrogen (secondary N) is 2. The van der Waals surface area contributed by atoms with Gasteiger partial charge in [-0.15, -0.1) is 0 Å². The number of H-pyrrole nitrogens is 2. The molecular weight excluding hydrogens is 224 g/mol. The third kappa shape index (κ3) is 2.52. The van der Waals surface area contributed by atoms with Crippen molar-refractivity contribution in [2.75, 3.05) is 0 Å². The summed E-state index contributed by atoms with van der Waals surface area (Å²) in [4.78, 5) is 25.4. The number of rotatable bonds is 3. The molecule has 2 rings (SSSR count). The van der Waals surface area contributed by atoms with Gasteiger partial charge in [-0.3, -0.25) is 4.79 Å². The maximum Gasteiger partial charge on any atom is 0.251 e. The minimum absolute atomic E-state index is 0.0544. The standard InChI is InChI=1S/C10H12N4OS/c1-6-5-8(15)14-9(13-6)7(2)16-10-11-3-4-12-10/h3-5,7H,1-2H3,(H,11,12)(H,13,14,15)/t7-/m0/s1. The predicted molar refractivity (Wildman–Crippen MR) is 62.5 cm³/mol. The minimum Gasteiger partial charge on any atom is -0.340 e. The van der Waals surface area contributed by atoms with E-state index < -0.39 is 0 Å². The quantitative estimate of drug-likeness (QED) is 0.795. The normalized spacial score (nSPS) is 12.6. The molecule has 84 valence electrons. The molecule has 6 heteroatoms. The van der Waals surface area contributed by atoms with Gasteiger partial charge in [0, 0.05) is 24.2 Å². The highest BCUT2D eigenvalue weighted by molar-refractivity contribution is 7.99. The van der Waals surface area contributed by atoms with Crippen molar-refractivity contribution in [2.45, 2.75) is 24.3 Å². The molecule has 0 bridgehead atoms. The molecule has 0 aliphatic heterocycles. The Morgan fingerprint density at radius 1 is 1.50 bits per heavy atom. The molecule has 0 unspecified atom stereocenters. The van der Waals surface area contributed by atoms with E-state index in [4.69, 9.17) is 0 Å². The van der Waals surface area contributed by atoms with E-state index in [1.165, 1.54) is 17.8 Å². The second kappa shape index (κ2) is 4.52. The highest BCUT2D eigenvalue weighted by atomic mass is 32.2. The number of hydrogen-bond acceptors (Lipinski definition) is 4. The fraction of sp³-hybridized carbons (Fsp3) is 0.300. The van der Waals surface area contributed by atoms with Crippen LogP contribution >= 0.6 is 11.8 Å². The lowest BCUT2D eigenvalue weighted by Crippen LogP contribution is -2.12. The van der Waals surface area contributed by atoms with Crippen LogP contribution in [0.25, 0.3) is 0 Å². The Hall–Kier alpha value is -1.56. The molecule has 0 radical (unpaired) electrons. The largest absolute Gasteiger partial charge is 0.340 e. The second-order valence-corrected chi connectivity index (χ2v) is 4.76. The van der Waals surface area contributed by atoms with Crippen molar-refractivity contribution in [3.63, 3.8) is 0 Å². The predicted octanol–water partition coefficient (Wildman–Crippen LogP) is 1.65. The van der Waals surface area contributed by atoms with Gasteiger partial charge >= 0.3 is 0 Å². The summed E-state index contributed by atoms with van der Waals surface area (Å²) in [5, 5.41) is 0.871. The van der Waals surface area contributed by atoms with E-state index in [1.807, 2.05) is 13.8 Å². The second-order valence-electron chi connectivity index (χ2n) is 3.43. The molecule has 0 saturated carbocycles. The first kappa shape index (κ1) is 10.9. The van der Waals surface area contributed by atoms with Gasteiger partial charge in [-0.25, -0.2) is 9.97 Å². The Kier molecular flexibility index (Phi) is 3.09. The van der Waals surface area contributed by atoms with Crippen LogP contribution in [0.15, 0.2) is 28.4 Å². The molecule has 2 N–H and O–H groups in total. The van der Waals surface area contributed by atoms with Gasteiger partial charge < -0.3 is 9.97 Å². The van der Waals surface area contributed by atoms with Gasteiger partial charge in [0.2, 0.25) is 0 Å². The SMILES string of the molecule is Cc1cc(=O)[nH]c([C@H](C)Sc2ncc[nH]2)n1. The lowest BCUT2D eigenvalue weighted by molar-refractivity contribution is 0.876. The molecule has 5 nitrogen and oxygen atoms in total. The average Bonchev–Trinajstić information content (AvgIpc) is 2.68. The first-order chi connectivity index (χ1) is 7.65. The number of imidazole rings is 1. The number of thioether (sulfide) groups is 1. The summed E-state index contributed by atoms with van der Waals surface area (Å²) >= 11 is 1.52. The van der Waals surface area contributed by atoms with Gasteiger partial charge in [-0.1, -0.05) is 11.8 Å². The number of nitrogens with zero attached hydrogens (tertiary/aromatic N) is 2. The molecule has 2 aromatic heterocycles. The van der Waals surface area contributed by atoms with Gasteiger partial charge in [0.25, 0.3) is 5.56 Å². The van der Waals surface area contributed by atoms with Crippen LogP contribution in [0, 0.1) is 6.92 Å². The van der Waals surface area contributed by atoms with E-state index in [9.17, 15) is 4.79 Å². The zero-order valence-corrected chi connectivity index (χ0v) is 9.84. The lowest BCUT2D eigenvalue weighted by Gasteiger charge is -2.08. The highest BCUT2D eigenvalue weighted by Crippen LogP contribution is 2.29. The maximum absolute atomic E-state index is 11.3. The fourth-order valence-corrected chi connectivity index (χ4v) is 2.15. The van der Waals surface area contributed by atoms with Gasteiger partial charge in [-0.2, -0.15) is 0 Å². The smallest absolute Gasteiger partial charge is 0.251 e. The van der Waals surface area contributed by atoms with Crippen LogP contribution in [-0.2, 0) is 0 Å². The zero-order valence-electron chi connectivity index (χ0n) is 9.02. The molecule has 0 aromatic carbocycles. The van der Waals surface area contributed by atoms with Crippen LogP contribution in [0.5, 0.6) is 0 Å². The van der Waals surface area contributed by atoms with Crippen molar-refractivity contribution in [1.82, 2.24) is 19.9 Å². The summed E-state index contributed by atoms with van der Waals surface area (Å²) in [5.74, 6) is 0.673. The number of aryl methyl sites for hydroxylation is 1. The van der Waals surface area contributed by atoms with Crippen LogP contribution in [0.2, 0.25) is 0 Å². The van der Waals surface area contributed by atoms with Gasteiger partial charge in [0.05, 0.1) is 5.25 Å². The van der Waals surface area contributed by atoms with Crippen LogP contribution in [0.3, 0.4) is 0 Å². The monoisotopic (exact) mass is 236 g/mol. The van der Waals surface area contributed by atoms with Gasteiger partial charge in [-0.05, 0) is 13.8 Å². The van der Waals surface area contributed by atoms with Gasteiger partial charge in [0.1, 0.15) is 5.82 Å². The maximum atomic E-state index is 11.3. The summed E-state index contributed by atoms with van der Waals surface area (Å²) in [6.07, 6.45) is 3.46. The van der Waals surface area contributed by atoms with E-state index >= 15 is 0 Å². The van der Waals surface area contributed by atoms with E-state index in [2.05, 4.69) is 19.9 Å².